The molecule has 0 aromatic heterocycles. The molecule has 4 heteroatoms. The zero-order chi connectivity index (χ0) is 11.9. The number of sulfone groups is 1. The molecule has 0 heterocycles. The number of nitrogens with one attached hydrogen (secondary N) is 1. The van der Waals surface area contributed by atoms with Crippen molar-refractivity contribution in [2.24, 2.45) is 5.41 Å². The Hall–Kier alpha value is -0.0900. The Balaban J connectivity index is 4.36. The van der Waals surface area contributed by atoms with Crippen molar-refractivity contribution in [1.29, 1.82) is 0 Å². The maximum absolute atomic E-state index is 11.2. The van der Waals surface area contributed by atoms with E-state index in [-0.39, 0.29) is 5.41 Å². The monoisotopic (exact) mass is 235 g/mol. The van der Waals surface area contributed by atoms with E-state index >= 15 is 0 Å². The molecule has 0 aliphatic rings. The first-order valence-corrected chi connectivity index (χ1v) is 7.83. The topological polar surface area (TPSA) is 46.2 Å². The SMILES string of the molecule is CCNCC(CC)(CC)CCS(C)(=O)=O. The summed E-state index contributed by atoms with van der Waals surface area (Å²) in [5, 5.41) is 3.33. The molecule has 0 saturated carbocycles. The first kappa shape index (κ1) is 14.9. The van der Waals surface area contributed by atoms with Crippen molar-refractivity contribution in [3.63, 3.8) is 0 Å². The molecule has 0 spiro atoms. The Morgan fingerprint density at radius 3 is 2.00 bits per heavy atom. The maximum atomic E-state index is 11.2. The van der Waals surface area contributed by atoms with Crippen LogP contribution in [0.15, 0.2) is 0 Å². The lowest BCUT2D eigenvalue weighted by Gasteiger charge is -2.31. The van der Waals surface area contributed by atoms with Gasteiger partial charge in [-0.05, 0) is 31.2 Å². The molecule has 0 saturated heterocycles. The van der Waals surface area contributed by atoms with Gasteiger partial charge in [-0.3, -0.25) is 0 Å². The van der Waals surface area contributed by atoms with Gasteiger partial charge in [0.05, 0.1) is 5.75 Å². The smallest absolute Gasteiger partial charge is 0.147 e. The Bertz CT molecular complexity index is 256. The van der Waals surface area contributed by atoms with Crippen LogP contribution >= 0.6 is 0 Å². The predicted molar refractivity (Wildman–Crippen MR) is 65.9 cm³/mol. The van der Waals surface area contributed by atoms with Gasteiger partial charge in [-0.1, -0.05) is 20.8 Å². The van der Waals surface area contributed by atoms with Crippen LogP contribution in [-0.4, -0.2) is 33.5 Å². The average Bonchev–Trinajstić information content (AvgIpc) is 2.18. The quantitative estimate of drug-likeness (QED) is 0.698. The molecule has 15 heavy (non-hydrogen) atoms. The second kappa shape index (κ2) is 6.48. The van der Waals surface area contributed by atoms with E-state index in [1.165, 1.54) is 6.26 Å². The van der Waals surface area contributed by atoms with Crippen LogP contribution in [0.4, 0.5) is 0 Å². The molecule has 0 fully saturated rings. The molecular formula is C11H25NO2S. The molecule has 0 atom stereocenters. The summed E-state index contributed by atoms with van der Waals surface area (Å²) in [5.74, 6) is 0.306. The third kappa shape index (κ3) is 6.15. The van der Waals surface area contributed by atoms with Crippen LogP contribution in [0.1, 0.15) is 40.0 Å². The van der Waals surface area contributed by atoms with Gasteiger partial charge in [0.2, 0.25) is 0 Å². The Labute approximate surface area is 94.6 Å². The van der Waals surface area contributed by atoms with E-state index in [1.54, 1.807) is 0 Å². The lowest BCUT2D eigenvalue weighted by Crippen LogP contribution is -2.35. The summed E-state index contributed by atoms with van der Waals surface area (Å²) in [5.41, 5.74) is 0.152. The van der Waals surface area contributed by atoms with E-state index in [0.717, 1.165) is 32.4 Å². The summed E-state index contributed by atoms with van der Waals surface area (Å²) in [4.78, 5) is 0. The van der Waals surface area contributed by atoms with Crippen molar-refractivity contribution in [2.75, 3.05) is 25.1 Å². The molecule has 0 radical (unpaired) electrons. The number of hydrogen-bond acceptors (Lipinski definition) is 3. The van der Waals surface area contributed by atoms with E-state index in [9.17, 15) is 8.42 Å². The minimum atomic E-state index is -2.83. The van der Waals surface area contributed by atoms with Crippen LogP contribution in [0.5, 0.6) is 0 Å². The normalized spacial score (nSPS) is 13.1. The Morgan fingerprint density at radius 1 is 1.13 bits per heavy atom. The second-order valence-corrected chi connectivity index (χ2v) is 6.63. The van der Waals surface area contributed by atoms with Crippen molar-refractivity contribution >= 4 is 9.84 Å². The molecule has 0 amide bonds. The van der Waals surface area contributed by atoms with Crippen LogP contribution < -0.4 is 5.32 Å². The summed E-state index contributed by atoms with van der Waals surface area (Å²) < 4.78 is 22.3. The molecule has 0 bridgehead atoms. The van der Waals surface area contributed by atoms with E-state index in [1.807, 2.05) is 0 Å². The highest BCUT2D eigenvalue weighted by Crippen LogP contribution is 2.30. The molecule has 0 aliphatic heterocycles. The summed E-state index contributed by atoms with van der Waals surface area (Å²) in [7, 11) is -2.83. The second-order valence-electron chi connectivity index (χ2n) is 4.37. The van der Waals surface area contributed by atoms with Crippen LogP contribution in [-0.2, 0) is 9.84 Å². The van der Waals surface area contributed by atoms with Crippen molar-refractivity contribution in [1.82, 2.24) is 5.32 Å². The molecule has 0 aromatic carbocycles. The standard InChI is InChI=1S/C11H25NO2S/c1-5-11(6-2,10-12-7-3)8-9-15(4,13)14/h12H,5-10H2,1-4H3. The van der Waals surface area contributed by atoms with Crippen molar-refractivity contribution in [2.45, 2.75) is 40.0 Å². The van der Waals surface area contributed by atoms with Gasteiger partial charge in [0.25, 0.3) is 0 Å². The predicted octanol–water partition coefficient (Wildman–Crippen LogP) is 1.84. The lowest BCUT2D eigenvalue weighted by atomic mass is 9.80. The lowest BCUT2D eigenvalue weighted by molar-refractivity contribution is 0.241. The molecule has 1 N–H and O–H groups in total. The van der Waals surface area contributed by atoms with Gasteiger partial charge in [0, 0.05) is 12.8 Å². The summed E-state index contributed by atoms with van der Waals surface area (Å²) in [6, 6.07) is 0. The molecule has 3 nitrogen and oxygen atoms in total. The first-order valence-electron chi connectivity index (χ1n) is 5.77. The molecule has 0 aliphatic carbocycles. The zero-order valence-corrected chi connectivity index (χ0v) is 11.3. The maximum Gasteiger partial charge on any atom is 0.147 e. The third-order valence-electron chi connectivity index (χ3n) is 3.25. The van der Waals surface area contributed by atoms with Gasteiger partial charge in [-0.2, -0.15) is 0 Å². The van der Waals surface area contributed by atoms with Crippen molar-refractivity contribution < 1.29 is 8.42 Å². The average molecular weight is 235 g/mol. The van der Waals surface area contributed by atoms with Crippen LogP contribution in [0.3, 0.4) is 0 Å². The van der Waals surface area contributed by atoms with Crippen LogP contribution in [0.2, 0.25) is 0 Å². The summed E-state index contributed by atoms with van der Waals surface area (Å²) in [6.45, 7) is 8.23. The van der Waals surface area contributed by atoms with Gasteiger partial charge in [0.1, 0.15) is 9.84 Å². The minimum absolute atomic E-state index is 0.152. The summed E-state index contributed by atoms with van der Waals surface area (Å²) >= 11 is 0. The number of hydrogen-bond donors (Lipinski definition) is 1. The zero-order valence-electron chi connectivity index (χ0n) is 10.5. The fourth-order valence-corrected chi connectivity index (χ4v) is 2.54. The van der Waals surface area contributed by atoms with Crippen molar-refractivity contribution in [3.05, 3.63) is 0 Å². The highest BCUT2D eigenvalue weighted by atomic mass is 32.2. The molecule has 0 unspecified atom stereocenters. The molecule has 92 valence electrons. The third-order valence-corrected chi connectivity index (χ3v) is 4.20. The highest BCUT2D eigenvalue weighted by molar-refractivity contribution is 7.90. The van der Waals surface area contributed by atoms with Gasteiger partial charge in [-0.15, -0.1) is 0 Å². The van der Waals surface area contributed by atoms with Crippen LogP contribution in [0, 0.1) is 5.41 Å². The largest absolute Gasteiger partial charge is 0.316 e. The van der Waals surface area contributed by atoms with E-state index in [2.05, 4.69) is 26.1 Å². The van der Waals surface area contributed by atoms with Gasteiger partial charge in [-0.25, -0.2) is 8.42 Å². The van der Waals surface area contributed by atoms with E-state index in [4.69, 9.17) is 0 Å². The fourth-order valence-electron chi connectivity index (χ4n) is 1.73. The molecule has 0 rings (SSSR count). The van der Waals surface area contributed by atoms with Crippen LogP contribution in [0.25, 0.3) is 0 Å². The van der Waals surface area contributed by atoms with Gasteiger partial charge < -0.3 is 5.32 Å². The minimum Gasteiger partial charge on any atom is -0.316 e. The number of rotatable bonds is 8. The van der Waals surface area contributed by atoms with E-state index < -0.39 is 9.84 Å². The Morgan fingerprint density at radius 2 is 1.67 bits per heavy atom. The van der Waals surface area contributed by atoms with E-state index in [0.29, 0.717) is 5.75 Å². The fraction of sp³-hybridized carbons (Fsp3) is 1.00. The summed E-state index contributed by atoms with van der Waals surface area (Å²) in [6.07, 6.45) is 4.15. The molecular weight excluding hydrogens is 210 g/mol. The van der Waals surface area contributed by atoms with Gasteiger partial charge in [0.15, 0.2) is 0 Å². The van der Waals surface area contributed by atoms with Gasteiger partial charge >= 0.3 is 0 Å². The van der Waals surface area contributed by atoms with Crippen molar-refractivity contribution in [3.8, 4) is 0 Å². The first-order chi connectivity index (χ1) is 6.89. The highest BCUT2D eigenvalue weighted by Gasteiger charge is 2.26. The molecule has 0 aromatic rings. The Kier molecular flexibility index (Phi) is 6.44.